The van der Waals surface area contributed by atoms with Gasteiger partial charge in [-0.2, -0.15) is 0 Å². The number of aliphatic hydroxyl groups excluding tert-OH is 2. The van der Waals surface area contributed by atoms with Crippen LogP contribution in [0.2, 0.25) is 20.1 Å². The van der Waals surface area contributed by atoms with Crippen LogP contribution in [0.3, 0.4) is 0 Å². The van der Waals surface area contributed by atoms with Gasteiger partial charge >= 0.3 is 0 Å². The second-order valence-corrected chi connectivity index (χ2v) is 32.0. The summed E-state index contributed by atoms with van der Waals surface area (Å²) in [6, 6.07) is 23.9. The third-order valence-electron chi connectivity index (χ3n) is 15.6. The number of rotatable bonds is 27. The Balaban J connectivity index is 0.000000162. The van der Waals surface area contributed by atoms with E-state index in [4.69, 9.17) is 74.3 Å². The van der Waals surface area contributed by atoms with Gasteiger partial charge in [0.25, 0.3) is 0 Å². The van der Waals surface area contributed by atoms with Crippen molar-refractivity contribution in [3.05, 3.63) is 140 Å². The molecule has 26 nitrogen and oxygen atoms in total. The van der Waals surface area contributed by atoms with E-state index in [1.165, 1.54) is 37.1 Å². The van der Waals surface area contributed by atoms with Crippen molar-refractivity contribution < 1.29 is 10.2 Å². The summed E-state index contributed by atoms with van der Waals surface area (Å²) in [5.41, 5.74) is 34.0. The Morgan fingerprint density at radius 2 is 0.752 bits per heavy atom. The normalized spacial score (nSPS) is 12.2. The number of nitrogens with one attached hydrogen (secondary N) is 4. The lowest BCUT2D eigenvalue weighted by molar-refractivity contribution is 0.190. The second kappa shape index (κ2) is 38.4. The zero-order valence-electron chi connectivity index (χ0n) is 60.5. The molecule has 558 valence electrons. The number of nitrogens with two attached hydrogens (primary N) is 4. The molecule has 0 aliphatic rings. The Labute approximate surface area is 648 Å². The van der Waals surface area contributed by atoms with Gasteiger partial charge in [-0.1, -0.05) is 134 Å². The van der Waals surface area contributed by atoms with Crippen LogP contribution in [0.15, 0.2) is 138 Å². The van der Waals surface area contributed by atoms with Crippen molar-refractivity contribution >= 4 is 161 Å². The number of aromatic nitrogens is 16. The molecule has 34 heteroatoms. The largest absolute Gasteiger partial charge is 0.392 e. The third-order valence-corrected chi connectivity index (χ3v) is 21.3. The molecule has 1 unspecified atom stereocenters. The number of halogens is 4. The first-order chi connectivity index (χ1) is 50.1. The molecule has 12 aromatic rings. The highest BCUT2D eigenvalue weighted by Gasteiger charge is 2.22. The highest BCUT2D eigenvalue weighted by Crippen LogP contribution is 2.39. The molecule has 0 saturated carbocycles. The number of nitrogen functional groups attached to an aromatic ring is 4. The van der Waals surface area contributed by atoms with Gasteiger partial charge in [-0.3, -0.25) is 0 Å². The van der Waals surface area contributed by atoms with Crippen LogP contribution in [-0.2, 0) is 26.2 Å². The molecular formula is C71H90Cl4N24O2S4. The van der Waals surface area contributed by atoms with Crippen LogP contribution in [0.4, 0.5) is 23.3 Å². The van der Waals surface area contributed by atoms with Crippen molar-refractivity contribution in [2.45, 2.75) is 167 Å². The maximum atomic E-state index is 9.39. The van der Waals surface area contributed by atoms with Crippen molar-refractivity contribution in [2.24, 2.45) is 5.41 Å². The van der Waals surface area contributed by atoms with E-state index in [0.29, 0.717) is 117 Å². The van der Waals surface area contributed by atoms with Crippen molar-refractivity contribution in [3.8, 4) is 0 Å². The van der Waals surface area contributed by atoms with Crippen LogP contribution in [0.1, 0.15) is 77.1 Å². The average Bonchev–Trinajstić information content (AvgIpc) is 1.66. The lowest BCUT2D eigenvalue weighted by Crippen LogP contribution is -2.29. The molecule has 0 radical (unpaired) electrons. The zero-order valence-corrected chi connectivity index (χ0v) is 66.7. The van der Waals surface area contributed by atoms with Crippen molar-refractivity contribution in [2.75, 3.05) is 68.7 Å². The molecule has 0 spiro atoms. The lowest BCUT2D eigenvalue weighted by Gasteiger charge is -2.19. The summed E-state index contributed by atoms with van der Waals surface area (Å²) < 4.78 is 8.22. The first-order valence-electron chi connectivity index (χ1n) is 34.0. The number of fused-ring (bicyclic) bond motifs is 4. The second-order valence-electron chi connectivity index (χ2n) is 26.3. The maximum absolute atomic E-state index is 9.39. The van der Waals surface area contributed by atoms with Gasteiger partial charge in [0.1, 0.15) is 25.3 Å². The fourth-order valence-electron chi connectivity index (χ4n) is 10.4. The Kier molecular flexibility index (Phi) is 29.9. The minimum atomic E-state index is -0.391. The number of hydrogen-bond donors (Lipinski definition) is 10. The van der Waals surface area contributed by atoms with Gasteiger partial charge in [0.2, 0.25) is 0 Å². The summed E-state index contributed by atoms with van der Waals surface area (Å²) >= 11 is 30.8. The Morgan fingerprint density at radius 3 is 1.07 bits per heavy atom. The molecule has 8 heterocycles. The first kappa shape index (κ1) is 81.7. The Hall–Kier alpha value is -7.40. The number of imidazole rings is 4. The topological polar surface area (TPSA) is 367 Å². The van der Waals surface area contributed by atoms with Crippen LogP contribution < -0.4 is 44.2 Å². The van der Waals surface area contributed by atoms with E-state index >= 15 is 0 Å². The summed E-state index contributed by atoms with van der Waals surface area (Å²) in [4.78, 5) is 56.6. The predicted octanol–water partition coefficient (Wildman–Crippen LogP) is 13.1. The van der Waals surface area contributed by atoms with E-state index in [1.807, 2.05) is 110 Å². The van der Waals surface area contributed by atoms with Crippen molar-refractivity contribution in [1.29, 1.82) is 0 Å². The van der Waals surface area contributed by atoms with E-state index in [1.54, 1.807) is 49.1 Å². The molecule has 12 rings (SSSR count). The molecule has 8 aromatic heterocycles. The molecule has 0 bridgehead atoms. The standard InChI is InChI=1S/C19H25ClN6S.C18H23ClN6S.2C17H21ClN6OS/c1-12-9-13(20)5-6-14(12)27-18-25-15-16(21)23-11-24-17(15)26(18)8-7-22-10-19(2,3)4;1-11(2)21-7-4-8-25-17-15(16(20)22-10-23-17)24-18(25)26-14-6-5-12(3)9-13(14)19;2*1-10-7-12(18)3-4-13(10)26-17-23-14-15(19)21-9-22-16(14)24(17)6-5-20-8-11(2)25/h5-6,9,11,22H,7-8,10H2,1-4H3,(H2,21,23,24);5-6,9-11,21H,4,7-8H2,1-3H3,(H2,20,22,23);2*3-4,7,9,11,20,25H,5-6,8H2,1-2H3,(H2,19,21,22)/t;;11-;/m..1./s1. The van der Waals surface area contributed by atoms with Crippen molar-refractivity contribution in [3.63, 3.8) is 0 Å². The molecular weight excluding hydrogens is 1490 g/mol. The quantitative estimate of drug-likeness (QED) is 0.0214. The number of nitrogens with zero attached hydrogens (tertiary/aromatic N) is 16. The van der Waals surface area contributed by atoms with E-state index in [9.17, 15) is 10.2 Å². The highest BCUT2D eigenvalue weighted by molar-refractivity contribution is 8.00. The number of aliphatic hydroxyl groups is 2. The molecule has 0 aliphatic heterocycles. The summed E-state index contributed by atoms with van der Waals surface area (Å²) in [5, 5.41) is 38.2. The van der Waals surface area contributed by atoms with Gasteiger partial charge < -0.3 is 72.7 Å². The fourth-order valence-corrected chi connectivity index (χ4v) is 15.3. The molecule has 0 amide bonds. The molecule has 2 atom stereocenters. The Bertz CT molecular complexity index is 4540. The Morgan fingerprint density at radius 1 is 0.429 bits per heavy atom. The molecule has 14 N–H and O–H groups in total. The van der Waals surface area contributed by atoms with Crippen molar-refractivity contribution in [1.82, 2.24) is 99.3 Å². The van der Waals surface area contributed by atoms with Gasteiger partial charge in [0.05, 0.1) is 17.2 Å². The molecule has 4 aromatic carbocycles. The number of anilines is 4. The van der Waals surface area contributed by atoms with E-state index < -0.39 is 12.2 Å². The predicted molar refractivity (Wildman–Crippen MR) is 429 cm³/mol. The van der Waals surface area contributed by atoms with Crippen LogP contribution in [0.25, 0.3) is 44.7 Å². The van der Waals surface area contributed by atoms with Gasteiger partial charge in [0.15, 0.2) is 88.6 Å². The van der Waals surface area contributed by atoms with Crippen LogP contribution in [0.5, 0.6) is 0 Å². The number of benzene rings is 4. The van der Waals surface area contributed by atoms with E-state index in [-0.39, 0.29) is 5.41 Å². The lowest BCUT2D eigenvalue weighted by atomic mass is 9.97. The van der Waals surface area contributed by atoms with E-state index in [2.05, 4.69) is 120 Å². The highest BCUT2D eigenvalue weighted by atomic mass is 35.5. The van der Waals surface area contributed by atoms with Gasteiger partial charge in [-0.05, 0) is 149 Å². The average molecular weight is 1580 g/mol. The SMILES string of the molecule is Cc1cc(Cl)ccc1Sc1nc2c(N)ncnc2n1CCNCC(C)(C)C.Cc1cc(Cl)ccc1Sc1nc2c(N)ncnc2n1CCNCC(C)O.Cc1cc(Cl)ccc1Sc1nc2c(N)ncnc2n1CCNC[C@@H](C)O.Cc1ccc(Sc2nc3c(N)ncnc3n2CCCNC(C)C)c(Cl)c1. The zero-order chi connectivity index (χ0) is 75.6. The first-order valence-corrected chi connectivity index (χ1v) is 38.7. The number of aryl methyl sites for hydroxylation is 5. The van der Waals surface area contributed by atoms with Gasteiger partial charge in [-0.15, -0.1) is 0 Å². The molecule has 105 heavy (non-hydrogen) atoms. The monoisotopic (exact) mass is 1580 g/mol. The summed E-state index contributed by atoms with van der Waals surface area (Å²) in [5.74, 6) is 1.52. The smallest absolute Gasteiger partial charge is 0.175 e. The van der Waals surface area contributed by atoms with Crippen LogP contribution >= 0.6 is 93.5 Å². The maximum Gasteiger partial charge on any atom is 0.175 e. The summed E-state index contributed by atoms with van der Waals surface area (Å²) in [7, 11) is 0. The summed E-state index contributed by atoms with van der Waals surface area (Å²) in [6.45, 7) is 30.4. The van der Waals surface area contributed by atoms with Gasteiger partial charge in [-0.25, -0.2) is 59.8 Å². The molecule has 0 aliphatic carbocycles. The molecule has 0 fully saturated rings. The minimum Gasteiger partial charge on any atom is -0.392 e. The third kappa shape index (κ3) is 23.1. The minimum absolute atomic E-state index is 0.238. The fraction of sp³-hybridized carbons (Fsp3) is 0.380. The number of hydrogen-bond acceptors (Lipinski definition) is 26. The van der Waals surface area contributed by atoms with E-state index in [0.717, 1.165) is 118 Å². The van der Waals surface area contributed by atoms with Crippen LogP contribution in [0, 0.1) is 33.1 Å². The van der Waals surface area contributed by atoms with Crippen LogP contribution in [-0.4, -0.2) is 152 Å². The molecule has 0 saturated heterocycles. The van der Waals surface area contributed by atoms with Gasteiger partial charge in [0, 0.05) is 106 Å². The summed E-state index contributed by atoms with van der Waals surface area (Å²) in [6.07, 6.45) is 6.04.